The fourth-order valence-electron chi connectivity index (χ4n) is 10.5. The number of aromatic nitrogens is 21. The maximum Gasteiger partial charge on any atom is 0.228 e. The van der Waals surface area contributed by atoms with Gasteiger partial charge in [-0.25, -0.2) is 35.7 Å². The molecule has 11 aromatic heterocycles. The Kier molecular flexibility index (Phi) is 15.7. The van der Waals surface area contributed by atoms with Gasteiger partial charge in [-0.05, 0) is 67.8 Å². The van der Waals surface area contributed by atoms with E-state index in [2.05, 4.69) is 141 Å². The minimum Gasteiger partial charge on any atom is -0.486 e. The number of alkyl halides is 1. The van der Waals surface area contributed by atoms with Crippen LogP contribution >= 0.6 is 11.6 Å². The van der Waals surface area contributed by atoms with Crippen molar-refractivity contribution in [3.05, 3.63) is 158 Å². The average molecular weight is 1190 g/mol. The fourth-order valence-corrected chi connectivity index (χ4v) is 10.7. The highest BCUT2D eigenvalue weighted by atomic mass is 35.5. The van der Waals surface area contributed by atoms with Gasteiger partial charge in [0.15, 0.2) is 23.3 Å². The zero-order valence-corrected chi connectivity index (χ0v) is 48.5. The summed E-state index contributed by atoms with van der Waals surface area (Å²) in [6.45, 7) is 5.55. The van der Waals surface area contributed by atoms with Gasteiger partial charge in [0.1, 0.15) is 35.6 Å². The summed E-state index contributed by atoms with van der Waals surface area (Å²) in [5.74, 6) is 14.8. The van der Waals surface area contributed by atoms with E-state index in [1.165, 1.54) is 0 Å². The van der Waals surface area contributed by atoms with Gasteiger partial charge in [-0.3, -0.25) is 19.0 Å². The molecule has 87 heavy (non-hydrogen) atoms. The number of ether oxygens (including phenoxy) is 1. The highest BCUT2D eigenvalue weighted by molar-refractivity contribution is 6.16. The molecule has 28 nitrogen and oxygen atoms in total. The summed E-state index contributed by atoms with van der Waals surface area (Å²) in [6, 6.07) is 27.3. The zero-order chi connectivity index (χ0) is 59.2. The Morgan fingerprint density at radius 1 is 0.506 bits per heavy atom. The molecule has 0 aliphatic carbocycles. The lowest BCUT2D eigenvalue weighted by Gasteiger charge is -2.08. The van der Waals surface area contributed by atoms with E-state index in [9.17, 15) is 0 Å². The molecule has 0 radical (unpaired) electrons. The van der Waals surface area contributed by atoms with E-state index in [1.807, 2.05) is 93.9 Å². The van der Waals surface area contributed by atoms with Crippen LogP contribution in [0.15, 0.2) is 146 Å². The zero-order valence-electron chi connectivity index (χ0n) is 47.8. The molecule has 3 aliphatic rings. The summed E-state index contributed by atoms with van der Waals surface area (Å²) in [5.41, 5.74) is 11.2. The SMILES string of the molecule is Cn1nccc1Nc1nccc(-c2cc3n(c2)CCCN=C3NN)n1.Cn1nccc1Nc1nccc(-c2cc3n(c2)CCCn2c(CCl)nnc2-3)n1.Cn1nccc1Nc1nccc(-c2cc3n(c2)CCCn2c(COc4ccccc4)nnc2-3)n1. The number of para-hydroxylation sites is 1. The number of rotatable bonds is 13. The highest BCUT2D eigenvalue weighted by Crippen LogP contribution is 2.33. The minimum atomic E-state index is 0.357. The standard InChI is InChI=1S/C24H23N9O.C18H18ClN9.C16H19N9/c1-31-21(9-11-26-31)28-24-25-10-8-19(27-24)17-14-20-23-30-29-22(16-34-18-6-3-2-4-7-18)33(23)13-5-12-32(20)15-17;1-26-15(4-6-21-26)23-18-20-5-3-13(22-18)12-9-14-17-25-24-16(10-19)28(17)8-2-7-27(14)11-12;1-24-14(4-7-20-24)22-16-19-6-3-12(21-16)11-9-13-15(23-17)18-5-2-8-25(13)10-11/h2-4,6-11,14-15H,5,12-13,16H2,1H3,(H,25,27,28);3-6,9,11H,2,7-8,10H2,1H3,(H,20,22,23);3-4,6-7,9-10H,2,5,8,17H2,1H3,(H,18,23)(H,19,21,22). The van der Waals surface area contributed by atoms with Crippen LogP contribution in [0.4, 0.5) is 35.3 Å². The van der Waals surface area contributed by atoms with E-state index >= 15 is 0 Å². The number of hydrogen-bond acceptors (Lipinski definition) is 20. The van der Waals surface area contributed by atoms with Crippen molar-refractivity contribution < 1.29 is 4.74 Å². The molecule has 0 bridgehead atoms. The molecule has 0 fully saturated rings. The van der Waals surface area contributed by atoms with Crippen molar-refractivity contribution in [2.75, 3.05) is 22.5 Å². The third-order valence-corrected chi connectivity index (χ3v) is 15.1. The molecule has 440 valence electrons. The third-order valence-electron chi connectivity index (χ3n) is 14.8. The maximum absolute atomic E-state index is 6.01. The molecule has 0 saturated heterocycles. The number of amidine groups is 1. The largest absolute Gasteiger partial charge is 0.486 e. The first kappa shape index (κ1) is 55.3. The minimum absolute atomic E-state index is 0.357. The number of nitrogens with zero attached hydrogens (tertiary/aromatic N) is 22. The smallest absolute Gasteiger partial charge is 0.228 e. The number of aryl methyl sites for hydroxylation is 6. The summed E-state index contributed by atoms with van der Waals surface area (Å²) in [5, 5.41) is 39.6. The van der Waals surface area contributed by atoms with E-state index in [1.54, 1.807) is 51.2 Å². The lowest BCUT2D eigenvalue weighted by Crippen LogP contribution is -2.32. The van der Waals surface area contributed by atoms with Gasteiger partial charge in [0.2, 0.25) is 17.8 Å². The second-order valence-electron chi connectivity index (χ2n) is 20.5. The van der Waals surface area contributed by atoms with Crippen LogP contribution in [-0.2, 0) is 66.4 Å². The van der Waals surface area contributed by atoms with Crippen LogP contribution < -0.4 is 32.0 Å². The van der Waals surface area contributed by atoms with E-state index in [0.717, 1.165) is 156 Å². The first-order valence-electron chi connectivity index (χ1n) is 28.2. The van der Waals surface area contributed by atoms with Gasteiger partial charge >= 0.3 is 0 Å². The number of anilines is 6. The van der Waals surface area contributed by atoms with Crippen molar-refractivity contribution in [3.63, 3.8) is 0 Å². The number of aliphatic imine (C=N–C) groups is 1. The molecule has 14 heterocycles. The molecule has 0 saturated carbocycles. The Bertz CT molecular complexity index is 4360. The van der Waals surface area contributed by atoms with Crippen LogP contribution in [0.2, 0.25) is 0 Å². The number of benzene rings is 1. The van der Waals surface area contributed by atoms with Crippen LogP contribution in [0, 0.1) is 0 Å². The lowest BCUT2D eigenvalue weighted by molar-refractivity contribution is 0.288. The summed E-state index contributed by atoms with van der Waals surface area (Å²) in [6.07, 6.45) is 19.7. The van der Waals surface area contributed by atoms with Crippen molar-refractivity contribution in [2.24, 2.45) is 32.0 Å². The number of nitrogens with one attached hydrogen (secondary N) is 4. The molecule has 6 N–H and O–H groups in total. The normalized spacial score (nSPS) is 13.1. The number of fused-ring (bicyclic) bond motifs is 7. The molecule has 12 aromatic rings. The molecule has 1 aromatic carbocycles. The Hall–Kier alpha value is -10.9. The number of hydrazine groups is 1. The van der Waals surface area contributed by atoms with Crippen molar-refractivity contribution in [1.82, 2.24) is 108 Å². The molecule has 0 amide bonds. The molecule has 3 aliphatic heterocycles. The van der Waals surface area contributed by atoms with Gasteiger partial charge in [0.25, 0.3) is 0 Å². The molecular formula is C58H60ClN27O. The quantitative estimate of drug-likeness (QED) is 0.0423. The fraction of sp³-hybridized carbons (Fsp3) is 0.241. The lowest BCUT2D eigenvalue weighted by atomic mass is 10.2. The van der Waals surface area contributed by atoms with E-state index in [-0.39, 0.29) is 0 Å². The Balaban J connectivity index is 0.000000122. The molecule has 0 atom stereocenters. The van der Waals surface area contributed by atoms with Crippen LogP contribution in [0.25, 0.3) is 56.8 Å². The van der Waals surface area contributed by atoms with Crippen LogP contribution in [0.1, 0.15) is 36.6 Å². The topological polar surface area (TPSA) is 303 Å². The number of hydrogen-bond donors (Lipinski definition) is 5. The summed E-state index contributed by atoms with van der Waals surface area (Å²) < 4.78 is 22.0. The van der Waals surface area contributed by atoms with E-state index in [0.29, 0.717) is 36.2 Å². The van der Waals surface area contributed by atoms with Gasteiger partial charge in [-0.15, -0.1) is 32.0 Å². The third kappa shape index (κ3) is 12.0. The van der Waals surface area contributed by atoms with Gasteiger partial charge in [-0.2, -0.15) is 15.3 Å². The molecule has 29 heteroatoms. The number of nitrogens with two attached hydrogens (primary N) is 1. The molecule has 0 unspecified atom stereocenters. The summed E-state index contributed by atoms with van der Waals surface area (Å²) in [4.78, 5) is 31.4. The van der Waals surface area contributed by atoms with Gasteiger partial charge in [0, 0.05) is 132 Å². The Morgan fingerprint density at radius 3 is 1.41 bits per heavy atom. The molecule has 15 rings (SSSR count). The van der Waals surface area contributed by atoms with E-state index < -0.39 is 0 Å². The molecular weight excluding hydrogens is 1130 g/mol. The first-order chi connectivity index (χ1) is 42.7. The van der Waals surface area contributed by atoms with Crippen LogP contribution in [0.3, 0.4) is 0 Å². The predicted octanol–water partition coefficient (Wildman–Crippen LogP) is 7.52. The Morgan fingerprint density at radius 2 is 0.954 bits per heavy atom. The Labute approximate surface area is 502 Å². The maximum atomic E-state index is 6.01. The first-order valence-corrected chi connectivity index (χ1v) is 28.7. The van der Waals surface area contributed by atoms with Crippen molar-refractivity contribution in [2.45, 2.75) is 64.5 Å². The number of halogens is 1. The second kappa shape index (κ2) is 24.8. The molecule has 0 spiro atoms. The van der Waals surface area contributed by atoms with Gasteiger partial charge < -0.3 is 48.9 Å². The van der Waals surface area contributed by atoms with Gasteiger partial charge in [0.05, 0.1) is 58.6 Å². The second-order valence-corrected chi connectivity index (χ2v) is 20.7. The van der Waals surface area contributed by atoms with Crippen molar-refractivity contribution in [3.8, 4) is 62.6 Å². The van der Waals surface area contributed by atoms with E-state index in [4.69, 9.17) is 27.2 Å². The highest BCUT2D eigenvalue weighted by Gasteiger charge is 2.24. The van der Waals surface area contributed by atoms with Crippen LogP contribution in [0.5, 0.6) is 5.75 Å². The van der Waals surface area contributed by atoms with Gasteiger partial charge in [-0.1, -0.05) is 18.2 Å². The predicted molar refractivity (Wildman–Crippen MR) is 327 cm³/mol. The van der Waals surface area contributed by atoms with Crippen molar-refractivity contribution in [1.29, 1.82) is 0 Å². The van der Waals surface area contributed by atoms with Crippen LogP contribution in [-0.4, -0.2) is 115 Å². The van der Waals surface area contributed by atoms with Crippen molar-refractivity contribution >= 4 is 52.7 Å². The summed E-state index contributed by atoms with van der Waals surface area (Å²) >= 11 is 6.01. The average Bonchev–Trinajstić information content (AvgIpc) is 3.40. The monoisotopic (exact) mass is 1190 g/mol. The summed E-state index contributed by atoms with van der Waals surface area (Å²) in [7, 11) is 5.59.